The van der Waals surface area contributed by atoms with Crippen molar-refractivity contribution in [1.82, 2.24) is 14.9 Å². The summed E-state index contributed by atoms with van der Waals surface area (Å²) in [6.45, 7) is 3.53. The molecule has 0 bridgehead atoms. The van der Waals surface area contributed by atoms with Crippen molar-refractivity contribution in [2.45, 2.75) is 19.4 Å². The number of aryl methyl sites for hydroxylation is 1. The maximum absolute atomic E-state index is 12.9. The lowest BCUT2D eigenvalue weighted by molar-refractivity contribution is -0.124. The Kier molecular flexibility index (Phi) is 4.85. The lowest BCUT2D eigenvalue weighted by atomic mass is 9.93. The van der Waals surface area contributed by atoms with Crippen LogP contribution in [0, 0.1) is 12.8 Å². The number of hydrogen-bond donors (Lipinski definition) is 0. The van der Waals surface area contributed by atoms with Gasteiger partial charge in [0.2, 0.25) is 0 Å². The summed E-state index contributed by atoms with van der Waals surface area (Å²) in [5, 5.41) is 0. The van der Waals surface area contributed by atoms with Gasteiger partial charge in [0.25, 0.3) is 11.8 Å². The van der Waals surface area contributed by atoms with Crippen molar-refractivity contribution in [3.05, 3.63) is 54.1 Å². The van der Waals surface area contributed by atoms with Crippen LogP contribution in [-0.2, 0) is 9.53 Å². The second kappa shape index (κ2) is 7.44. The van der Waals surface area contributed by atoms with Crippen LogP contribution in [-0.4, -0.2) is 59.0 Å². The Labute approximate surface area is 158 Å². The van der Waals surface area contributed by atoms with Gasteiger partial charge in [-0.25, -0.2) is 4.98 Å². The second-order valence-corrected chi connectivity index (χ2v) is 6.98. The van der Waals surface area contributed by atoms with Crippen molar-refractivity contribution in [3.63, 3.8) is 0 Å². The number of ether oxygens (including phenoxy) is 1. The molecule has 7 heteroatoms. The number of nitrogens with zero attached hydrogens (tertiary/aromatic N) is 4. The van der Waals surface area contributed by atoms with Crippen LogP contribution in [0.2, 0.25) is 0 Å². The van der Waals surface area contributed by atoms with Crippen LogP contribution in [0.4, 0.5) is 5.69 Å². The van der Waals surface area contributed by atoms with Gasteiger partial charge in [0, 0.05) is 43.6 Å². The van der Waals surface area contributed by atoms with E-state index in [-0.39, 0.29) is 30.4 Å². The summed E-state index contributed by atoms with van der Waals surface area (Å²) < 4.78 is 5.87. The number of hydrogen-bond acceptors (Lipinski definition) is 5. The number of amides is 2. The topological polar surface area (TPSA) is 75.6 Å². The number of aromatic nitrogens is 2. The summed E-state index contributed by atoms with van der Waals surface area (Å²) in [7, 11) is 0. The number of carbonyl (C=O) groups excluding carboxylic acids is 2. The lowest BCUT2D eigenvalue weighted by Crippen LogP contribution is -2.49. The summed E-state index contributed by atoms with van der Waals surface area (Å²) >= 11 is 0. The normalized spacial score (nSPS) is 22.9. The minimum absolute atomic E-state index is 0.0188. The SMILES string of the molecule is Cc1nccnc1C(=O)N1CC[C@@H]2OCC(=O)N(c3ccccc3)C[C@H]2C1. The standard InChI is InChI=1S/C20H22N4O3/c1-14-19(22-9-8-21-14)20(26)23-10-7-17-15(11-23)12-24(18(25)13-27-17)16-5-3-2-4-6-16/h2-6,8-9,15,17H,7,10-13H2,1H3/t15-,17+/m1/s1. The van der Waals surface area contributed by atoms with Gasteiger partial charge in [-0.3, -0.25) is 14.6 Å². The third-order valence-corrected chi connectivity index (χ3v) is 5.24. The van der Waals surface area contributed by atoms with E-state index in [0.29, 0.717) is 37.4 Å². The molecule has 0 saturated carbocycles. The van der Waals surface area contributed by atoms with Crippen LogP contribution >= 0.6 is 0 Å². The molecule has 3 heterocycles. The third kappa shape index (κ3) is 3.55. The van der Waals surface area contributed by atoms with Crippen molar-refractivity contribution in [2.24, 2.45) is 5.92 Å². The summed E-state index contributed by atoms with van der Waals surface area (Å²) in [6.07, 6.45) is 3.82. The van der Waals surface area contributed by atoms with Gasteiger partial charge in [0.05, 0.1) is 11.8 Å². The average molecular weight is 366 g/mol. The van der Waals surface area contributed by atoms with E-state index < -0.39 is 0 Å². The molecule has 0 unspecified atom stereocenters. The second-order valence-electron chi connectivity index (χ2n) is 6.98. The minimum Gasteiger partial charge on any atom is -0.368 e. The largest absolute Gasteiger partial charge is 0.368 e. The van der Waals surface area contributed by atoms with Crippen LogP contribution in [0.1, 0.15) is 22.6 Å². The van der Waals surface area contributed by atoms with E-state index in [1.54, 1.807) is 22.9 Å². The number of carbonyl (C=O) groups is 2. The van der Waals surface area contributed by atoms with Crippen LogP contribution in [0.15, 0.2) is 42.7 Å². The van der Waals surface area contributed by atoms with Crippen LogP contribution in [0.25, 0.3) is 0 Å². The fourth-order valence-corrected chi connectivity index (χ4v) is 3.81. The first-order chi connectivity index (χ1) is 13.1. The molecule has 2 atom stereocenters. The first-order valence-electron chi connectivity index (χ1n) is 9.17. The fraction of sp³-hybridized carbons (Fsp3) is 0.400. The Morgan fingerprint density at radius 1 is 1.15 bits per heavy atom. The number of rotatable bonds is 2. The first-order valence-corrected chi connectivity index (χ1v) is 9.17. The minimum atomic E-state index is -0.110. The molecule has 2 aromatic rings. The van der Waals surface area contributed by atoms with Crippen molar-refractivity contribution in [2.75, 3.05) is 31.1 Å². The predicted molar refractivity (Wildman–Crippen MR) is 99.3 cm³/mol. The van der Waals surface area contributed by atoms with Gasteiger partial charge in [0.15, 0.2) is 0 Å². The van der Waals surface area contributed by atoms with Gasteiger partial charge in [-0.1, -0.05) is 18.2 Å². The maximum Gasteiger partial charge on any atom is 0.274 e. The van der Waals surface area contributed by atoms with Crippen molar-refractivity contribution in [1.29, 1.82) is 0 Å². The highest BCUT2D eigenvalue weighted by molar-refractivity contribution is 5.95. The highest BCUT2D eigenvalue weighted by Gasteiger charge is 2.38. The zero-order chi connectivity index (χ0) is 18.8. The molecule has 2 amide bonds. The van der Waals surface area contributed by atoms with E-state index in [9.17, 15) is 9.59 Å². The smallest absolute Gasteiger partial charge is 0.274 e. The van der Waals surface area contributed by atoms with E-state index in [1.165, 1.54) is 6.20 Å². The number of anilines is 1. The molecule has 0 spiro atoms. The van der Waals surface area contributed by atoms with Gasteiger partial charge >= 0.3 is 0 Å². The summed E-state index contributed by atoms with van der Waals surface area (Å²) in [4.78, 5) is 37.4. The molecule has 1 aromatic carbocycles. The van der Waals surface area contributed by atoms with E-state index in [4.69, 9.17) is 4.74 Å². The van der Waals surface area contributed by atoms with Crippen molar-refractivity contribution in [3.8, 4) is 0 Å². The van der Waals surface area contributed by atoms with Crippen molar-refractivity contribution >= 4 is 17.5 Å². The Balaban J connectivity index is 1.54. The Morgan fingerprint density at radius 2 is 1.93 bits per heavy atom. The van der Waals surface area contributed by atoms with Crippen LogP contribution in [0.3, 0.4) is 0 Å². The van der Waals surface area contributed by atoms with Crippen LogP contribution in [0.5, 0.6) is 0 Å². The molecule has 2 aliphatic rings. The molecule has 0 N–H and O–H groups in total. The summed E-state index contributed by atoms with van der Waals surface area (Å²) in [5.41, 5.74) is 1.88. The molecule has 2 fully saturated rings. The van der Waals surface area contributed by atoms with Gasteiger partial charge in [-0.2, -0.15) is 0 Å². The van der Waals surface area contributed by atoms with Gasteiger partial charge in [-0.15, -0.1) is 0 Å². The fourth-order valence-electron chi connectivity index (χ4n) is 3.81. The van der Waals surface area contributed by atoms with Gasteiger partial charge in [-0.05, 0) is 25.5 Å². The van der Waals surface area contributed by atoms with Crippen molar-refractivity contribution < 1.29 is 14.3 Å². The number of fused-ring (bicyclic) bond motifs is 1. The Hall–Kier alpha value is -2.80. The number of para-hydroxylation sites is 1. The van der Waals surface area contributed by atoms with E-state index in [0.717, 1.165) is 5.69 Å². The third-order valence-electron chi connectivity index (χ3n) is 5.24. The summed E-state index contributed by atoms with van der Waals surface area (Å²) in [6, 6.07) is 9.61. The van der Waals surface area contributed by atoms with E-state index >= 15 is 0 Å². The quantitative estimate of drug-likeness (QED) is 0.808. The Bertz CT molecular complexity index is 842. The molecule has 7 nitrogen and oxygen atoms in total. The predicted octanol–water partition coefficient (Wildman–Crippen LogP) is 1.68. The molecule has 140 valence electrons. The molecule has 0 aliphatic carbocycles. The highest BCUT2D eigenvalue weighted by Crippen LogP contribution is 2.27. The molecule has 4 rings (SSSR count). The molecule has 1 aromatic heterocycles. The molecular weight excluding hydrogens is 344 g/mol. The number of likely N-dealkylation sites (tertiary alicyclic amines) is 1. The molecule has 2 saturated heterocycles. The summed E-state index contributed by atoms with van der Waals surface area (Å²) in [5.74, 6) is -0.0922. The number of benzene rings is 1. The zero-order valence-corrected chi connectivity index (χ0v) is 15.2. The zero-order valence-electron chi connectivity index (χ0n) is 15.2. The monoisotopic (exact) mass is 366 g/mol. The molecule has 27 heavy (non-hydrogen) atoms. The van der Waals surface area contributed by atoms with E-state index in [1.807, 2.05) is 30.3 Å². The Morgan fingerprint density at radius 3 is 2.70 bits per heavy atom. The van der Waals surface area contributed by atoms with Crippen LogP contribution < -0.4 is 4.90 Å². The molecular formula is C20H22N4O3. The average Bonchev–Trinajstić information content (AvgIpc) is 2.87. The van der Waals surface area contributed by atoms with Gasteiger partial charge < -0.3 is 14.5 Å². The molecule has 2 aliphatic heterocycles. The molecule has 0 radical (unpaired) electrons. The lowest BCUT2D eigenvalue weighted by Gasteiger charge is -2.38. The first kappa shape index (κ1) is 17.6. The highest BCUT2D eigenvalue weighted by atomic mass is 16.5. The number of piperidine rings is 1. The maximum atomic E-state index is 12.9. The van der Waals surface area contributed by atoms with E-state index in [2.05, 4.69) is 9.97 Å². The van der Waals surface area contributed by atoms with Gasteiger partial charge in [0.1, 0.15) is 12.3 Å².